The molecule has 90 valence electrons. The lowest BCUT2D eigenvalue weighted by Crippen LogP contribution is -2.43. The van der Waals surface area contributed by atoms with Crippen LogP contribution in [-0.2, 0) is 0 Å². The number of amidine groups is 1. The van der Waals surface area contributed by atoms with E-state index >= 15 is 0 Å². The van der Waals surface area contributed by atoms with Crippen LogP contribution >= 0.6 is 0 Å². The van der Waals surface area contributed by atoms with Crippen LogP contribution in [-0.4, -0.2) is 47.7 Å². The van der Waals surface area contributed by atoms with Crippen molar-refractivity contribution in [2.75, 3.05) is 0 Å². The monoisotopic (exact) mass is 225 g/mol. The number of hydrogen-bond acceptors (Lipinski definition) is 4. The normalized spacial score (nSPS) is 18.0. The lowest BCUT2D eigenvalue weighted by Gasteiger charge is -2.27. The van der Waals surface area contributed by atoms with Crippen molar-refractivity contribution < 1.29 is 10.2 Å². The van der Waals surface area contributed by atoms with Crippen LogP contribution in [0, 0.1) is 11.3 Å². The number of nitrogens with zero attached hydrogens (tertiary/aromatic N) is 2. The van der Waals surface area contributed by atoms with E-state index in [2.05, 4.69) is 30.0 Å². The second-order valence-corrected chi connectivity index (χ2v) is 3.79. The van der Waals surface area contributed by atoms with E-state index in [1.165, 1.54) is 0 Å². The first-order chi connectivity index (χ1) is 7.36. The fourth-order valence-corrected chi connectivity index (χ4v) is 1.24. The van der Waals surface area contributed by atoms with Gasteiger partial charge in [-0.15, -0.1) is 0 Å². The highest BCUT2D eigenvalue weighted by atomic mass is 16.3. The van der Waals surface area contributed by atoms with E-state index in [4.69, 9.17) is 5.41 Å². The van der Waals surface area contributed by atoms with Gasteiger partial charge in [0.05, 0.1) is 6.10 Å². The first-order valence-electron chi connectivity index (χ1n) is 4.89. The van der Waals surface area contributed by atoms with Crippen molar-refractivity contribution >= 4 is 19.3 Å². The maximum absolute atomic E-state index is 9.95. The molecule has 16 heavy (non-hydrogen) atoms. The van der Waals surface area contributed by atoms with E-state index in [9.17, 15) is 10.2 Å². The summed E-state index contributed by atoms with van der Waals surface area (Å²) in [6.07, 6.45) is -2.25. The zero-order valence-corrected chi connectivity index (χ0v) is 9.72. The summed E-state index contributed by atoms with van der Waals surface area (Å²) >= 11 is 0. The molecule has 0 rings (SSSR count). The summed E-state index contributed by atoms with van der Waals surface area (Å²) in [6.45, 7) is 13.7. The highest BCUT2D eigenvalue weighted by Gasteiger charge is 2.32. The molecule has 0 aromatic carbocycles. The van der Waals surface area contributed by atoms with Crippen molar-refractivity contribution in [2.24, 2.45) is 15.9 Å². The second-order valence-electron chi connectivity index (χ2n) is 3.79. The molecule has 1 unspecified atom stereocenters. The lowest BCUT2D eigenvalue weighted by molar-refractivity contribution is 0.0607. The summed E-state index contributed by atoms with van der Waals surface area (Å²) in [4.78, 5) is 6.95. The molecule has 0 aliphatic rings. The van der Waals surface area contributed by atoms with Crippen LogP contribution in [0.3, 0.4) is 0 Å². The van der Waals surface area contributed by atoms with Crippen molar-refractivity contribution in [3.05, 3.63) is 12.2 Å². The molecule has 0 bridgehead atoms. The van der Waals surface area contributed by atoms with Gasteiger partial charge in [-0.25, -0.2) is 4.99 Å². The molecule has 4 atom stereocenters. The van der Waals surface area contributed by atoms with E-state index < -0.39 is 18.2 Å². The van der Waals surface area contributed by atoms with Gasteiger partial charge in [0.2, 0.25) is 0 Å². The van der Waals surface area contributed by atoms with E-state index in [1.54, 1.807) is 13.8 Å². The number of aliphatic hydroxyl groups is 2. The zero-order valence-electron chi connectivity index (χ0n) is 9.72. The molecule has 0 fully saturated rings. The predicted octanol–water partition coefficient (Wildman–Crippen LogP) is 0.667. The molecular weight excluding hydrogens is 206 g/mol. The number of nitrogens with one attached hydrogen (secondary N) is 1. The summed E-state index contributed by atoms with van der Waals surface area (Å²) < 4.78 is 0. The van der Waals surface area contributed by atoms with Crippen molar-refractivity contribution in [1.82, 2.24) is 0 Å². The van der Waals surface area contributed by atoms with E-state index in [1.807, 2.05) is 0 Å². The largest absolute Gasteiger partial charge is 0.390 e. The molecule has 0 aliphatic carbocycles. The summed E-state index contributed by atoms with van der Waals surface area (Å²) in [5, 5.41) is 27.0. The SMILES string of the molecule is C=NC(=N)[C@H](O)C(N=C)[C@@H](O)[C@H](C)C(=C)C. The Morgan fingerprint density at radius 1 is 1.31 bits per heavy atom. The number of aliphatic imine (C=N–C) groups is 2. The van der Waals surface area contributed by atoms with E-state index in [0.717, 1.165) is 5.57 Å². The molecular formula is C11H19N3O2. The number of hydrogen-bond donors (Lipinski definition) is 3. The molecule has 0 saturated heterocycles. The average molecular weight is 225 g/mol. The first kappa shape index (κ1) is 14.7. The Balaban J connectivity index is 4.85. The molecule has 0 heterocycles. The van der Waals surface area contributed by atoms with E-state index in [0.29, 0.717) is 0 Å². The molecule has 3 N–H and O–H groups in total. The molecule has 0 aromatic rings. The fraction of sp³-hybridized carbons (Fsp3) is 0.545. The second kappa shape index (κ2) is 6.30. The number of rotatable bonds is 6. The standard InChI is InChI=1S/C11H19N3O2/c1-6(2)7(3)9(15)8(13-4)10(16)11(12)14-5/h7-10,12,15-16H,1,4-5H2,2-3H3/t7-,8?,9+,10-/m1/s1. The van der Waals surface area contributed by atoms with Crippen LogP contribution in [0.2, 0.25) is 0 Å². The Bertz CT molecular complexity index is 302. The minimum Gasteiger partial charge on any atom is -0.390 e. The summed E-state index contributed by atoms with van der Waals surface area (Å²) in [6, 6.07) is -0.898. The highest BCUT2D eigenvalue weighted by Crippen LogP contribution is 2.19. The van der Waals surface area contributed by atoms with Gasteiger partial charge in [0, 0.05) is 5.92 Å². The third-order valence-corrected chi connectivity index (χ3v) is 2.62. The Morgan fingerprint density at radius 3 is 2.12 bits per heavy atom. The van der Waals surface area contributed by atoms with Crippen LogP contribution in [0.15, 0.2) is 22.1 Å². The van der Waals surface area contributed by atoms with E-state index in [-0.39, 0.29) is 11.8 Å². The van der Waals surface area contributed by atoms with Gasteiger partial charge in [-0.2, -0.15) is 0 Å². The van der Waals surface area contributed by atoms with Gasteiger partial charge in [0.1, 0.15) is 12.1 Å². The third-order valence-electron chi connectivity index (χ3n) is 2.62. The van der Waals surface area contributed by atoms with Crippen molar-refractivity contribution in [3.63, 3.8) is 0 Å². The van der Waals surface area contributed by atoms with Gasteiger partial charge in [0.25, 0.3) is 0 Å². The molecule has 0 saturated carbocycles. The van der Waals surface area contributed by atoms with Crippen LogP contribution < -0.4 is 0 Å². The minimum atomic E-state index is -1.30. The quantitative estimate of drug-likeness (QED) is 0.352. The Morgan fingerprint density at radius 2 is 1.81 bits per heavy atom. The molecule has 5 heteroatoms. The van der Waals surface area contributed by atoms with Crippen LogP contribution in [0.4, 0.5) is 0 Å². The van der Waals surface area contributed by atoms with Gasteiger partial charge in [-0.3, -0.25) is 10.4 Å². The van der Waals surface area contributed by atoms with Gasteiger partial charge >= 0.3 is 0 Å². The Kier molecular flexibility index (Phi) is 5.77. The van der Waals surface area contributed by atoms with Crippen molar-refractivity contribution in [1.29, 1.82) is 5.41 Å². The van der Waals surface area contributed by atoms with Crippen LogP contribution in [0.5, 0.6) is 0 Å². The van der Waals surface area contributed by atoms with Crippen molar-refractivity contribution in [3.8, 4) is 0 Å². The van der Waals surface area contributed by atoms with Crippen LogP contribution in [0.1, 0.15) is 13.8 Å². The zero-order chi connectivity index (χ0) is 12.9. The molecule has 0 aromatic heterocycles. The van der Waals surface area contributed by atoms with Gasteiger partial charge in [-0.1, -0.05) is 19.1 Å². The van der Waals surface area contributed by atoms with Crippen LogP contribution in [0.25, 0.3) is 0 Å². The smallest absolute Gasteiger partial charge is 0.151 e. The fourth-order valence-electron chi connectivity index (χ4n) is 1.24. The number of aliphatic hydroxyl groups excluding tert-OH is 2. The highest BCUT2D eigenvalue weighted by molar-refractivity contribution is 5.88. The predicted molar refractivity (Wildman–Crippen MR) is 66.6 cm³/mol. The topological polar surface area (TPSA) is 89.0 Å². The third kappa shape index (κ3) is 3.36. The molecule has 5 nitrogen and oxygen atoms in total. The Labute approximate surface area is 95.8 Å². The molecule has 0 spiro atoms. The van der Waals surface area contributed by atoms with Gasteiger partial charge in [0.15, 0.2) is 5.84 Å². The molecule has 0 radical (unpaired) electrons. The maximum Gasteiger partial charge on any atom is 0.151 e. The average Bonchev–Trinajstić information content (AvgIpc) is 2.27. The maximum atomic E-state index is 9.95. The Hall–Kier alpha value is -1.33. The summed E-state index contributed by atoms with van der Waals surface area (Å²) in [5.74, 6) is -0.576. The summed E-state index contributed by atoms with van der Waals surface area (Å²) in [7, 11) is 0. The lowest BCUT2D eigenvalue weighted by atomic mass is 9.90. The minimum absolute atomic E-state index is 0.247. The molecule has 0 amide bonds. The molecule has 0 aliphatic heterocycles. The summed E-state index contributed by atoms with van der Waals surface area (Å²) in [5.41, 5.74) is 0.770. The first-order valence-corrected chi connectivity index (χ1v) is 4.89. The van der Waals surface area contributed by atoms with Crippen molar-refractivity contribution in [2.45, 2.75) is 32.1 Å². The van der Waals surface area contributed by atoms with Gasteiger partial charge in [-0.05, 0) is 20.4 Å². The van der Waals surface area contributed by atoms with Gasteiger partial charge < -0.3 is 10.2 Å².